The second-order valence-electron chi connectivity index (χ2n) is 24.1. The number of aliphatic hydroxyl groups excluding tert-OH is 1. The Balaban J connectivity index is 0.677. The molecule has 402 valence electrons. The standard InChI is InChI=1S/C61H80N6O7S/c1-38-54(75-37-63-38)40-23-21-39(22-24-40)35-62-57(72)49-34-41(68)36-67(49)58(73)55(59(2,3)4)66-52(69)20-12-10-8-7-9-11-13-33-74-50-19-15-16-42-43(50)17-14-18-48(42)64-56(71)47-27-26-45-44-25-28-51-61(6,32-30-53(70)65-51)46(44)29-31-60(45,47)5/h14-19,21-24,30,32,37,41,44-47,49,51,55,68H,7-13,20,25-29,31,33-36H2,1-6H3,(H,62,72)(H,64,71)(H,65,70)(H,66,69)/t41-,44+,45+,46+,47-,49+,51-,55-,60+,61-/m1/s1. The van der Waals surface area contributed by atoms with E-state index in [-0.39, 0.29) is 71.8 Å². The summed E-state index contributed by atoms with van der Waals surface area (Å²) in [6.07, 6.45) is 16.5. The monoisotopic (exact) mass is 1040 g/mol. The number of anilines is 1. The van der Waals surface area contributed by atoms with Crippen molar-refractivity contribution in [3.05, 3.63) is 89.6 Å². The van der Waals surface area contributed by atoms with Crippen LogP contribution < -0.4 is 26.0 Å². The minimum atomic E-state index is -0.852. The maximum Gasteiger partial charge on any atom is 0.246 e. The van der Waals surface area contributed by atoms with Crippen molar-refractivity contribution in [1.82, 2.24) is 25.8 Å². The van der Waals surface area contributed by atoms with Gasteiger partial charge >= 0.3 is 0 Å². The van der Waals surface area contributed by atoms with Gasteiger partial charge in [-0.05, 0) is 116 Å². The summed E-state index contributed by atoms with van der Waals surface area (Å²) in [4.78, 5) is 74.2. The van der Waals surface area contributed by atoms with Crippen LogP contribution in [0.5, 0.6) is 5.75 Å². The molecule has 0 unspecified atom stereocenters. The summed E-state index contributed by atoms with van der Waals surface area (Å²) in [5.74, 6) is 1.66. The number of nitrogens with zero attached hydrogens (tertiary/aromatic N) is 2. The zero-order chi connectivity index (χ0) is 53.1. The van der Waals surface area contributed by atoms with Crippen LogP contribution in [-0.4, -0.2) is 81.9 Å². The predicted octanol–water partition coefficient (Wildman–Crippen LogP) is 10.4. The van der Waals surface area contributed by atoms with Crippen molar-refractivity contribution >= 4 is 57.3 Å². The molecule has 10 atom stereocenters. The molecule has 75 heavy (non-hydrogen) atoms. The van der Waals surface area contributed by atoms with E-state index in [2.05, 4.69) is 58.3 Å². The minimum absolute atomic E-state index is 0.0223. The number of hydrogen-bond donors (Lipinski definition) is 5. The molecule has 2 aliphatic heterocycles. The average Bonchev–Trinajstić information content (AvgIpc) is 4.11. The molecule has 3 saturated carbocycles. The van der Waals surface area contributed by atoms with E-state index in [1.54, 1.807) is 17.4 Å². The maximum atomic E-state index is 14.3. The van der Waals surface area contributed by atoms with Crippen LogP contribution in [0.25, 0.3) is 21.2 Å². The van der Waals surface area contributed by atoms with Gasteiger partial charge < -0.3 is 36.0 Å². The number of nitrogens with one attached hydrogen (secondary N) is 4. The number of unbranched alkanes of at least 4 members (excludes halogenated alkanes) is 6. The zero-order valence-corrected chi connectivity index (χ0v) is 45.9. The van der Waals surface area contributed by atoms with Crippen molar-refractivity contribution in [2.45, 2.75) is 169 Å². The summed E-state index contributed by atoms with van der Waals surface area (Å²) < 4.78 is 6.36. The lowest BCUT2D eigenvalue weighted by molar-refractivity contribution is -0.144. The fraction of sp³-hybridized carbons (Fsp3) is 0.574. The normalized spacial score (nSPS) is 27.4. The molecule has 3 heterocycles. The molecule has 13 nitrogen and oxygen atoms in total. The van der Waals surface area contributed by atoms with Crippen LogP contribution in [0.4, 0.5) is 5.69 Å². The van der Waals surface area contributed by atoms with E-state index < -0.39 is 23.6 Å². The van der Waals surface area contributed by atoms with Crippen LogP contribution in [0.15, 0.2) is 78.3 Å². The molecular formula is C61H80N6O7S. The second-order valence-corrected chi connectivity index (χ2v) is 24.9. The lowest BCUT2D eigenvalue weighted by Crippen LogP contribution is -2.59. The SMILES string of the molecule is Cc1ncsc1-c1ccc(CNC(=O)[C@@H]2C[C@@H](O)CN2C(=O)[C@@H](NC(=O)CCCCCCCCCOc2cccc3c(NC(=O)[C@H]4CC[C@H]5[C@@H]6CC[C@H]7NC(=O)C=C[C@]7(C)[C@H]6CC[C@]45C)cccc23)C(C)(C)C)cc1. The van der Waals surface area contributed by atoms with E-state index in [4.69, 9.17) is 4.74 Å². The van der Waals surface area contributed by atoms with Gasteiger partial charge in [-0.1, -0.05) is 121 Å². The molecule has 1 saturated heterocycles. The highest BCUT2D eigenvalue weighted by Gasteiger charge is 2.61. The van der Waals surface area contributed by atoms with Gasteiger partial charge in [0.2, 0.25) is 29.5 Å². The third-order valence-electron chi connectivity index (χ3n) is 18.2. The number of β-amino-alcohol motifs (C(OH)–C–C–N with tert-alkyl or cyclic N) is 1. The number of likely N-dealkylation sites (tertiary alicyclic amines) is 1. The molecule has 5 aliphatic rings. The van der Waals surface area contributed by atoms with Gasteiger partial charge in [0.05, 0.1) is 28.8 Å². The number of rotatable bonds is 19. The number of aryl methyl sites for hydroxylation is 1. The third-order valence-corrected chi connectivity index (χ3v) is 19.1. The number of carbonyl (C=O) groups is 5. The first-order valence-electron chi connectivity index (χ1n) is 27.9. The van der Waals surface area contributed by atoms with Gasteiger partial charge in [0.15, 0.2) is 0 Å². The van der Waals surface area contributed by atoms with Crippen LogP contribution in [0.2, 0.25) is 0 Å². The fourth-order valence-corrected chi connectivity index (χ4v) is 14.8. The highest BCUT2D eigenvalue weighted by atomic mass is 32.1. The van der Waals surface area contributed by atoms with Crippen LogP contribution in [0, 0.1) is 46.8 Å². The van der Waals surface area contributed by atoms with Crippen molar-refractivity contribution in [2.24, 2.45) is 39.9 Å². The molecule has 3 aliphatic carbocycles. The minimum Gasteiger partial charge on any atom is -0.493 e. The highest BCUT2D eigenvalue weighted by Crippen LogP contribution is 2.65. The van der Waals surface area contributed by atoms with Gasteiger partial charge in [0, 0.05) is 59.8 Å². The van der Waals surface area contributed by atoms with Crippen molar-refractivity contribution in [2.75, 3.05) is 18.5 Å². The van der Waals surface area contributed by atoms with E-state index in [1.807, 2.05) is 81.7 Å². The van der Waals surface area contributed by atoms with Gasteiger partial charge in [-0.15, -0.1) is 11.3 Å². The lowest BCUT2D eigenvalue weighted by Gasteiger charge is -2.58. The number of aliphatic hydroxyl groups is 1. The van der Waals surface area contributed by atoms with Crippen LogP contribution >= 0.6 is 11.3 Å². The highest BCUT2D eigenvalue weighted by molar-refractivity contribution is 7.13. The second kappa shape index (κ2) is 22.9. The average molecular weight is 1040 g/mol. The fourth-order valence-electron chi connectivity index (χ4n) is 14.0. The topological polar surface area (TPSA) is 179 Å². The van der Waals surface area contributed by atoms with Gasteiger partial charge in [-0.25, -0.2) is 4.98 Å². The molecule has 4 fully saturated rings. The van der Waals surface area contributed by atoms with E-state index in [0.29, 0.717) is 37.2 Å². The smallest absolute Gasteiger partial charge is 0.246 e. The number of benzene rings is 3. The van der Waals surface area contributed by atoms with Gasteiger partial charge in [-0.3, -0.25) is 24.0 Å². The number of amides is 5. The first kappa shape index (κ1) is 54.2. The Morgan fingerprint density at radius 1 is 0.880 bits per heavy atom. The van der Waals surface area contributed by atoms with Crippen LogP contribution in [-0.2, 0) is 30.5 Å². The first-order chi connectivity index (χ1) is 35.9. The third kappa shape index (κ3) is 11.7. The molecule has 3 aromatic carbocycles. The molecule has 5 N–H and O–H groups in total. The molecule has 0 radical (unpaired) electrons. The number of carbonyl (C=O) groups excluding carboxylic acids is 5. The van der Waals surface area contributed by atoms with E-state index >= 15 is 0 Å². The maximum absolute atomic E-state index is 14.3. The summed E-state index contributed by atoms with van der Waals surface area (Å²) in [7, 11) is 0. The Kier molecular flexibility index (Phi) is 16.6. The first-order valence-corrected chi connectivity index (χ1v) is 28.8. The van der Waals surface area contributed by atoms with Crippen molar-refractivity contribution < 1.29 is 33.8 Å². The van der Waals surface area contributed by atoms with Crippen molar-refractivity contribution in [3.8, 4) is 16.2 Å². The number of aromatic nitrogens is 1. The van der Waals surface area contributed by atoms with E-state index in [0.717, 1.165) is 121 Å². The predicted molar refractivity (Wildman–Crippen MR) is 296 cm³/mol. The largest absolute Gasteiger partial charge is 0.493 e. The molecule has 5 amide bonds. The number of thiazole rings is 1. The molecule has 1 aromatic heterocycles. The summed E-state index contributed by atoms with van der Waals surface area (Å²) >= 11 is 1.59. The van der Waals surface area contributed by atoms with E-state index in [9.17, 15) is 29.1 Å². The molecule has 0 bridgehead atoms. The summed E-state index contributed by atoms with van der Waals surface area (Å²) in [5, 5.41) is 25.2. The summed E-state index contributed by atoms with van der Waals surface area (Å²) in [6.45, 7) is 13.3. The van der Waals surface area contributed by atoms with Gasteiger partial charge in [-0.2, -0.15) is 0 Å². The molecule has 4 aromatic rings. The van der Waals surface area contributed by atoms with E-state index in [1.165, 1.54) is 4.90 Å². The number of hydrogen-bond acceptors (Lipinski definition) is 9. The number of fused-ring (bicyclic) bond motifs is 6. The molecule has 9 rings (SSSR count). The zero-order valence-electron chi connectivity index (χ0n) is 45.1. The summed E-state index contributed by atoms with van der Waals surface area (Å²) in [5.41, 5.74) is 4.93. The van der Waals surface area contributed by atoms with Crippen molar-refractivity contribution in [3.63, 3.8) is 0 Å². The Bertz CT molecular complexity index is 2750. The number of ether oxygens (including phenoxy) is 1. The van der Waals surface area contributed by atoms with Crippen LogP contribution in [0.3, 0.4) is 0 Å². The Morgan fingerprint density at radius 3 is 2.36 bits per heavy atom. The molecule has 0 spiro atoms. The molecule has 14 heteroatoms. The Labute approximate surface area is 447 Å². The lowest BCUT2D eigenvalue weighted by atomic mass is 9.48. The van der Waals surface area contributed by atoms with Crippen molar-refractivity contribution in [1.29, 1.82) is 0 Å². The Hall–Kier alpha value is -5.60. The van der Waals surface area contributed by atoms with Crippen LogP contribution in [0.1, 0.15) is 142 Å². The van der Waals surface area contributed by atoms with Gasteiger partial charge in [0.1, 0.15) is 17.8 Å². The molecular weight excluding hydrogens is 961 g/mol. The quantitative estimate of drug-likeness (QED) is 0.0576. The Morgan fingerprint density at radius 2 is 1.61 bits per heavy atom. The summed E-state index contributed by atoms with van der Waals surface area (Å²) in [6, 6.07) is 18.6. The van der Waals surface area contributed by atoms with Gasteiger partial charge in [0.25, 0.3) is 0 Å².